The smallest absolute Gasteiger partial charge is 0.259 e. The molecule has 2 aromatic carbocycles. The zero-order chi connectivity index (χ0) is 21.1. The molecule has 0 spiro atoms. The zero-order valence-electron chi connectivity index (χ0n) is 16.6. The number of benzodiazepines with no additional fused rings is 1. The summed E-state index contributed by atoms with van der Waals surface area (Å²) in [6.45, 7) is 1.63. The largest absolute Gasteiger partial charge is 0.508 e. The molecule has 0 bridgehead atoms. The molecule has 0 unspecified atom stereocenters. The molecular formula is C21H23N5O3. The Labute approximate surface area is 169 Å². The Kier molecular flexibility index (Phi) is 5.63. The summed E-state index contributed by atoms with van der Waals surface area (Å²) in [6.07, 6.45) is 0. The number of hydrogen-bond acceptors (Lipinski definition) is 6. The van der Waals surface area contributed by atoms with Gasteiger partial charge in [0.2, 0.25) is 0 Å². The molecule has 8 heteroatoms. The summed E-state index contributed by atoms with van der Waals surface area (Å²) in [4.78, 5) is 19.4. The fraction of sp³-hybridized carbons (Fsp3) is 0.238. The third-order valence-corrected chi connectivity index (χ3v) is 4.46. The van der Waals surface area contributed by atoms with Crippen LogP contribution < -0.4 is 9.64 Å². The molecule has 0 aliphatic carbocycles. The van der Waals surface area contributed by atoms with Gasteiger partial charge in [-0.2, -0.15) is 0 Å². The molecule has 0 atom stereocenters. The van der Waals surface area contributed by atoms with Crippen LogP contribution in [0.5, 0.6) is 11.5 Å². The number of rotatable bonds is 4. The van der Waals surface area contributed by atoms with Crippen molar-refractivity contribution in [3.63, 3.8) is 0 Å². The van der Waals surface area contributed by atoms with E-state index in [-0.39, 0.29) is 36.5 Å². The van der Waals surface area contributed by atoms with Gasteiger partial charge in [-0.15, -0.1) is 0 Å². The third-order valence-electron chi connectivity index (χ3n) is 4.46. The van der Waals surface area contributed by atoms with Gasteiger partial charge in [0, 0.05) is 25.2 Å². The Morgan fingerprint density at radius 3 is 2.55 bits per heavy atom. The predicted octanol–water partition coefficient (Wildman–Crippen LogP) is 2.49. The fourth-order valence-electron chi connectivity index (χ4n) is 2.97. The molecule has 2 aromatic rings. The Hall–Kier alpha value is -3.68. The van der Waals surface area contributed by atoms with Gasteiger partial charge in [0.15, 0.2) is 6.61 Å². The molecule has 3 rings (SSSR count). The van der Waals surface area contributed by atoms with Gasteiger partial charge in [-0.25, -0.2) is 0 Å². The molecule has 1 aliphatic rings. The first kappa shape index (κ1) is 20.1. The van der Waals surface area contributed by atoms with Gasteiger partial charge >= 0.3 is 0 Å². The molecule has 29 heavy (non-hydrogen) atoms. The van der Waals surface area contributed by atoms with E-state index in [1.54, 1.807) is 63.5 Å². The van der Waals surface area contributed by atoms with E-state index in [1.165, 1.54) is 9.80 Å². The monoisotopic (exact) mass is 393 g/mol. The fourth-order valence-corrected chi connectivity index (χ4v) is 2.97. The first-order valence-electron chi connectivity index (χ1n) is 9.02. The lowest BCUT2D eigenvalue weighted by Gasteiger charge is -2.24. The van der Waals surface area contributed by atoms with Crippen molar-refractivity contribution in [3.05, 3.63) is 53.6 Å². The van der Waals surface area contributed by atoms with Gasteiger partial charge in [0.25, 0.3) is 5.91 Å². The van der Waals surface area contributed by atoms with Crippen molar-refractivity contribution in [1.29, 1.82) is 10.8 Å². The minimum absolute atomic E-state index is 0.0966. The van der Waals surface area contributed by atoms with Crippen LogP contribution in [-0.4, -0.2) is 60.5 Å². The quantitative estimate of drug-likeness (QED) is 0.547. The van der Waals surface area contributed by atoms with E-state index in [0.29, 0.717) is 22.7 Å². The normalized spacial score (nSPS) is 13.3. The number of ether oxygens (including phenoxy) is 1. The molecule has 1 aliphatic heterocycles. The number of phenols is 1. The van der Waals surface area contributed by atoms with Crippen molar-refractivity contribution in [2.75, 3.05) is 32.1 Å². The summed E-state index contributed by atoms with van der Waals surface area (Å²) in [5.41, 5.74) is 2.71. The van der Waals surface area contributed by atoms with Gasteiger partial charge < -0.3 is 14.7 Å². The van der Waals surface area contributed by atoms with Crippen molar-refractivity contribution in [3.8, 4) is 11.5 Å². The summed E-state index contributed by atoms with van der Waals surface area (Å²) in [7, 11) is 3.32. The second-order valence-corrected chi connectivity index (χ2v) is 6.84. The molecule has 0 radical (unpaired) electrons. The van der Waals surface area contributed by atoms with Crippen molar-refractivity contribution < 1.29 is 14.6 Å². The van der Waals surface area contributed by atoms with Gasteiger partial charge in [-0.1, -0.05) is 0 Å². The number of anilines is 1. The summed E-state index contributed by atoms with van der Waals surface area (Å²) in [5, 5.41) is 26.0. The number of likely N-dealkylation sites (N-methyl/N-ethyl adjacent to an activating group) is 1. The first-order chi connectivity index (χ1) is 13.8. The van der Waals surface area contributed by atoms with Crippen LogP contribution in [-0.2, 0) is 4.79 Å². The molecular weight excluding hydrogens is 370 g/mol. The lowest BCUT2D eigenvalue weighted by Crippen LogP contribution is -2.35. The van der Waals surface area contributed by atoms with Gasteiger partial charge in [-0.3, -0.25) is 25.5 Å². The van der Waals surface area contributed by atoms with E-state index >= 15 is 0 Å². The van der Waals surface area contributed by atoms with Crippen LogP contribution in [0, 0.1) is 10.8 Å². The highest BCUT2D eigenvalue weighted by molar-refractivity contribution is 6.25. The SMILES string of the molecule is CC(=N)N1C(=N)CN=C(c2ccc(O)cc2)c2cc(OCC(=O)N(C)C)ccc21. The number of amides is 1. The topological polar surface area (TPSA) is 113 Å². The second-order valence-electron chi connectivity index (χ2n) is 6.84. The molecule has 0 saturated carbocycles. The standard InChI is InChI=1S/C21H23N5O3/c1-13(22)26-18-9-8-16(29-12-20(28)25(2)3)10-17(18)21(24-11-19(26)23)14-4-6-15(27)7-5-14/h4-10,22-23,27H,11-12H2,1-3H3. The Balaban J connectivity index is 2.08. The highest BCUT2D eigenvalue weighted by Gasteiger charge is 2.25. The maximum Gasteiger partial charge on any atom is 0.259 e. The average Bonchev–Trinajstić information content (AvgIpc) is 2.82. The molecule has 3 N–H and O–H groups in total. The van der Waals surface area contributed by atoms with E-state index in [4.69, 9.17) is 15.6 Å². The number of hydrogen-bond donors (Lipinski definition) is 3. The zero-order valence-corrected chi connectivity index (χ0v) is 16.6. The number of nitrogens with one attached hydrogen (secondary N) is 2. The molecule has 0 fully saturated rings. The van der Waals surface area contributed by atoms with Gasteiger partial charge in [0.1, 0.15) is 23.2 Å². The van der Waals surface area contributed by atoms with Crippen LogP contribution >= 0.6 is 0 Å². The van der Waals surface area contributed by atoms with Crippen molar-refractivity contribution in [2.45, 2.75) is 6.92 Å². The molecule has 0 aromatic heterocycles. The first-order valence-corrected chi connectivity index (χ1v) is 9.02. The second kappa shape index (κ2) is 8.14. The van der Waals surface area contributed by atoms with Crippen LogP contribution in [0.4, 0.5) is 5.69 Å². The van der Waals surface area contributed by atoms with E-state index < -0.39 is 0 Å². The number of carbonyl (C=O) groups is 1. The van der Waals surface area contributed by atoms with Gasteiger partial charge in [0.05, 0.1) is 17.9 Å². The van der Waals surface area contributed by atoms with Crippen molar-refractivity contribution >= 4 is 29.0 Å². The van der Waals surface area contributed by atoms with E-state index in [2.05, 4.69) is 4.99 Å². The molecule has 0 saturated heterocycles. The average molecular weight is 393 g/mol. The third kappa shape index (κ3) is 4.26. The van der Waals surface area contributed by atoms with Crippen LogP contribution in [0.3, 0.4) is 0 Å². The highest BCUT2D eigenvalue weighted by atomic mass is 16.5. The maximum atomic E-state index is 11.9. The lowest BCUT2D eigenvalue weighted by atomic mass is 9.99. The van der Waals surface area contributed by atoms with Crippen LogP contribution in [0.2, 0.25) is 0 Å². The number of carbonyl (C=O) groups excluding carboxylic acids is 1. The van der Waals surface area contributed by atoms with Crippen molar-refractivity contribution in [1.82, 2.24) is 4.90 Å². The minimum atomic E-state index is -0.161. The summed E-state index contributed by atoms with van der Waals surface area (Å²) in [5.74, 6) is 0.860. The molecule has 1 heterocycles. The summed E-state index contributed by atoms with van der Waals surface area (Å²) < 4.78 is 5.65. The number of aromatic hydroxyl groups is 1. The number of amidine groups is 2. The number of nitrogens with zero attached hydrogens (tertiary/aromatic N) is 3. The maximum absolute atomic E-state index is 11.9. The molecule has 8 nitrogen and oxygen atoms in total. The van der Waals surface area contributed by atoms with Crippen LogP contribution in [0.25, 0.3) is 0 Å². The number of phenolic OH excluding ortho intramolecular Hbond substituents is 1. The lowest BCUT2D eigenvalue weighted by molar-refractivity contribution is -0.130. The highest BCUT2D eigenvalue weighted by Crippen LogP contribution is 2.31. The summed E-state index contributed by atoms with van der Waals surface area (Å²) in [6, 6.07) is 11.9. The van der Waals surface area contributed by atoms with E-state index in [0.717, 1.165) is 5.56 Å². The Morgan fingerprint density at radius 2 is 1.93 bits per heavy atom. The number of fused-ring (bicyclic) bond motifs is 1. The van der Waals surface area contributed by atoms with Crippen molar-refractivity contribution in [2.24, 2.45) is 4.99 Å². The van der Waals surface area contributed by atoms with Crippen LogP contribution in [0.15, 0.2) is 47.5 Å². The Morgan fingerprint density at radius 1 is 1.24 bits per heavy atom. The molecule has 1 amide bonds. The van der Waals surface area contributed by atoms with Gasteiger partial charge in [-0.05, 0) is 49.4 Å². The van der Waals surface area contributed by atoms with Crippen LogP contribution in [0.1, 0.15) is 18.1 Å². The number of benzene rings is 2. The Bertz CT molecular complexity index is 996. The number of aliphatic imine (C=N–C) groups is 1. The van der Waals surface area contributed by atoms with E-state index in [1.807, 2.05) is 0 Å². The molecule has 150 valence electrons. The predicted molar refractivity (Wildman–Crippen MR) is 113 cm³/mol. The van der Waals surface area contributed by atoms with E-state index in [9.17, 15) is 9.90 Å². The minimum Gasteiger partial charge on any atom is -0.508 e. The summed E-state index contributed by atoms with van der Waals surface area (Å²) >= 11 is 0.